The fourth-order valence-corrected chi connectivity index (χ4v) is 1.82. The van der Waals surface area contributed by atoms with Crippen LogP contribution in [0.1, 0.15) is 5.56 Å². The van der Waals surface area contributed by atoms with Crippen LogP contribution in [0.3, 0.4) is 0 Å². The molecule has 23 heavy (non-hydrogen) atoms. The lowest BCUT2D eigenvalue weighted by atomic mass is 10.2. The van der Waals surface area contributed by atoms with Gasteiger partial charge in [-0.3, -0.25) is 14.9 Å². The third kappa shape index (κ3) is 5.40. The van der Waals surface area contributed by atoms with Crippen LogP contribution in [-0.2, 0) is 4.79 Å². The molecule has 0 unspecified atom stereocenters. The smallest absolute Gasteiger partial charge is 0.277 e. The molecule has 0 aliphatic carbocycles. The van der Waals surface area contributed by atoms with Crippen molar-refractivity contribution in [3.8, 4) is 5.75 Å². The van der Waals surface area contributed by atoms with Crippen molar-refractivity contribution in [1.82, 2.24) is 5.43 Å². The summed E-state index contributed by atoms with van der Waals surface area (Å²) >= 11 is 5.79. The summed E-state index contributed by atoms with van der Waals surface area (Å²) in [6, 6.07) is 12.5. The highest BCUT2D eigenvalue weighted by atomic mass is 35.5. The third-order valence-electron chi connectivity index (χ3n) is 2.65. The maximum atomic E-state index is 11.6. The predicted molar refractivity (Wildman–Crippen MR) is 85.8 cm³/mol. The second-order valence-electron chi connectivity index (χ2n) is 4.39. The quantitative estimate of drug-likeness (QED) is 0.499. The van der Waals surface area contributed by atoms with Crippen molar-refractivity contribution in [2.45, 2.75) is 0 Å². The van der Waals surface area contributed by atoms with E-state index in [-0.39, 0.29) is 12.3 Å². The largest absolute Gasteiger partial charge is 0.484 e. The van der Waals surface area contributed by atoms with Crippen LogP contribution in [-0.4, -0.2) is 23.7 Å². The molecule has 2 aromatic rings. The van der Waals surface area contributed by atoms with Gasteiger partial charge in [0.25, 0.3) is 11.6 Å². The van der Waals surface area contributed by atoms with E-state index in [0.29, 0.717) is 16.3 Å². The zero-order chi connectivity index (χ0) is 16.7. The van der Waals surface area contributed by atoms with Crippen LogP contribution in [0.2, 0.25) is 5.02 Å². The van der Waals surface area contributed by atoms with E-state index in [1.807, 2.05) is 0 Å². The number of carbonyl (C=O) groups is 1. The summed E-state index contributed by atoms with van der Waals surface area (Å²) in [7, 11) is 0. The number of halogens is 1. The molecule has 0 aliphatic rings. The van der Waals surface area contributed by atoms with Crippen molar-refractivity contribution >= 4 is 29.4 Å². The molecule has 1 N–H and O–H groups in total. The van der Waals surface area contributed by atoms with Crippen LogP contribution in [0.4, 0.5) is 5.69 Å². The number of nitro groups is 1. The van der Waals surface area contributed by atoms with Crippen LogP contribution >= 0.6 is 11.6 Å². The fraction of sp³-hybridized carbons (Fsp3) is 0.0667. The van der Waals surface area contributed by atoms with Gasteiger partial charge in [-0.2, -0.15) is 5.10 Å². The normalized spacial score (nSPS) is 10.5. The Labute approximate surface area is 136 Å². The summed E-state index contributed by atoms with van der Waals surface area (Å²) in [6.45, 7) is -0.230. The average molecular weight is 334 g/mol. The van der Waals surface area contributed by atoms with Gasteiger partial charge in [0.15, 0.2) is 6.61 Å². The Morgan fingerprint density at radius 1 is 1.30 bits per heavy atom. The molecule has 118 valence electrons. The van der Waals surface area contributed by atoms with E-state index in [2.05, 4.69) is 10.5 Å². The molecular weight excluding hydrogens is 322 g/mol. The molecule has 0 fully saturated rings. The number of nitro benzene ring substituents is 1. The van der Waals surface area contributed by atoms with Gasteiger partial charge in [0.2, 0.25) is 0 Å². The van der Waals surface area contributed by atoms with Gasteiger partial charge in [0.1, 0.15) is 5.75 Å². The van der Waals surface area contributed by atoms with E-state index in [0.717, 1.165) is 0 Å². The number of rotatable bonds is 6. The number of nitrogens with one attached hydrogen (secondary N) is 1. The lowest BCUT2D eigenvalue weighted by Gasteiger charge is -2.04. The lowest BCUT2D eigenvalue weighted by molar-refractivity contribution is -0.384. The molecule has 0 heterocycles. The molecule has 0 atom stereocenters. The zero-order valence-electron chi connectivity index (χ0n) is 11.8. The van der Waals surface area contributed by atoms with Gasteiger partial charge in [0.05, 0.1) is 11.1 Å². The van der Waals surface area contributed by atoms with Crippen molar-refractivity contribution in [1.29, 1.82) is 0 Å². The first-order valence-electron chi connectivity index (χ1n) is 6.49. The Bertz CT molecular complexity index is 749. The summed E-state index contributed by atoms with van der Waals surface area (Å²) in [5, 5.41) is 14.9. The van der Waals surface area contributed by atoms with Crippen molar-refractivity contribution in [3.05, 3.63) is 69.2 Å². The SMILES string of the molecule is O=C(COc1cccc(Cl)c1)N/N=C/c1cccc([N+](=O)[O-])c1. The Balaban J connectivity index is 1.84. The number of hydrogen-bond donors (Lipinski definition) is 1. The molecule has 2 rings (SSSR count). The second-order valence-corrected chi connectivity index (χ2v) is 4.83. The number of nitrogens with zero attached hydrogens (tertiary/aromatic N) is 2. The number of non-ortho nitro benzene ring substituents is 1. The maximum absolute atomic E-state index is 11.6. The molecule has 1 amide bonds. The van der Waals surface area contributed by atoms with Crippen LogP contribution in [0, 0.1) is 10.1 Å². The number of benzene rings is 2. The minimum Gasteiger partial charge on any atom is -0.484 e. The highest BCUT2D eigenvalue weighted by molar-refractivity contribution is 6.30. The van der Waals surface area contributed by atoms with E-state index in [4.69, 9.17) is 16.3 Å². The van der Waals surface area contributed by atoms with Gasteiger partial charge < -0.3 is 4.74 Å². The van der Waals surface area contributed by atoms with Gasteiger partial charge >= 0.3 is 0 Å². The second kappa shape index (κ2) is 7.90. The number of ether oxygens (including phenoxy) is 1. The molecule has 7 nitrogen and oxygen atoms in total. The molecular formula is C15H12ClN3O4. The lowest BCUT2D eigenvalue weighted by Crippen LogP contribution is -2.24. The van der Waals surface area contributed by atoms with Gasteiger partial charge in [-0.15, -0.1) is 0 Å². The molecule has 0 spiro atoms. The van der Waals surface area contributed by atoms with E-state index in [1.165, 1.54) is 24.4 Å². The summed E-state index contributed by atoms with van der Waals surface area (Å²) < 4.78 is 5.24. The molecule has 0 aliphatic heterocycles. The fourth-order valence-electron chi connectivity index (χ4n) is 1.64. The van der Waals surface area contributed by atoms with Crippen LogP contribution in [0.25, 0.3) is 0 Å². The first-order valence-corrected chi connectivity index (χ1v) is 6.87. The van der Waals surface area contributed by atoms with E-state index in [1.54, 1.807) is 30.3 Å². The molecule has 2 aromatic carbocycles. The summed E-state index contributed by atoms with van der Waals surface area (Å²) in [6.07, 6.45) is 1.31. The number of carbonyl (C=O) groups excluding carboxylic acids is 1. The van der Waals surface area contributed by atoms with E-state index >= 15 is 0 Å². The molecule has 0 bridgehead atoms. The van der Waals surface area contributed by atoms with Crippen LogP contribution < -0.4 is 10.2 Å². The van der Waals surface area contributed by atoms with Crippen LogP contribution in [0.5, 0.6) is 5.75 Å². The molecule has 0 radical (unpaired) electrons. The average Bonchev–Trinajstić information content (AvgIpc) is 2.53. The minimum atomic E-state index is -0.505. The minimum absolute atomic E-state index is 0.0513. The topological polar surface area (TPSA) is 93.8 Å². The molecule has 0 saturated carbocycles. The van der Waals surface area contributed by atoms with E-state index < -0.39 is 10.8 Å². The van der Waals surface area contributed by atoms with Crippen molar-refractivity contribution < 1.29 is 14.5 Å². The van der Waals surface area contributed by atoms with Crippen molar-refractivity contribution in [3.63, 3.8) is 0 Å². The van der Waals surface area contributed by atoms with Crippen LogP contribution in [0.15, 0.2) is 53.6 Å². The Morgan fingerprint density at radius 2 is 2.09 bits per heavy atom. The molecule has 0 aromatic heterocycles. The van der Waals surface area contributed by atoms with Gasteiger partial charge in [-0.25, -0.2) is 5.43 Å². The van der Waals surface area contributed by atoms with Gasteiger partial charge in [-0.1, -0.05) is 29.8 Å². The standard InChI is InChI=1S/C15H12ClN3O4/c16-12-4-2-6-14(8-12)23-10-15(20)18-17-9-11-3-1-5-13(7-11)19(21)22/h1-9H,10H2,(H,18,20)/b17-9+. The number of hydrogen-bond acceptors (Lipinski definition) is 5. The zero-order valence-corrected chi connectivity index (χ0v) is 12.6. The Kier molecular flexibility index (Phi) is 5.65. The van der Waals surface area contributed by atoms with Crippen molar-refractivity contribution in [2.75, 3.05) is 6.61 Å². The first kappa shape index (κ1) is 16.4. The summed E-state index contributed by atoms with van der Waals surface area (Å²) in [5.41, 5.74) is 2.71. The number of amides is 1. The highest BCUT2D eigenvalue weighted by Crippen LogP contribution is 2.16. The molecule has 0 saturated heterocycles. The third-order valence-corrected chi connectivity index (χ3v) is 2.89. The Hall–Kier alpha value is -2.93. The first-order chi connectivity index (χ1) is 11.0. The highest BCUT2D eigenvalue weighted by Gasteiger charge is 2.04. The predicted octanol–water partition coefficient (Wildman–Crippen LogP) is 2.78. The monoisotopic (exact) mass is 333 g/mol. The Morgan fingerprint density at radius 3 is 2.83 bits per heavy atom. The van der Waals surface area contributed by atoms with Gasteiger partial charge in [0, 0.05) is 22.7 Å². The summed E-state index contributed by atoms with van der Waals surface area (Å²) in [4.78, 5) is 21.7. The van der Waals surface area contributed by atoms with Gasteiger partial charge in [-0.05, 0) is 18.2 Å². The summed E-state index contributed by atoms with van der Waals surface area (Å²) in [5.74, 6) is 0.00182. The number of hydrazone groups is 1. The molecule has 8 heteroatoms. The van der Waals surface area contributed by atoms with E-state index in [9.17, 15) is 14.9 Å². The maximum Gasteiger partial charge on any atom is 0.277 e. The van der Waals surface area contributed by atoms with Crippen molar-refractivity contribution in [2.24, 2.45) is 5.10 Å².